The molecule has 3 heterocycles. The van der Waals surface area contributed by atoms with Gasteiger partial charge in [-0.1, -0.05) is 24.3 Å². The van der Waals surface area contributed by atoms with Crippen LogP contribution in [0.25, 0.3) is 10.9 Å². The first-order valence-corrected chi connectivity index (χ1v) is 11.5. The van der Waals surface area contributed by atoms with Gasteiger partial charge in [0.05, 0.1) is 11.1 Å². The Morgan fingerprint density at radius 2 is 2.10 bits per heavy atom. The Balaban J connectivity index is 1.66. The highest BCUT2D eigenvalue weighted by atomic mass is 16.5. The molecule has 2 bridgehead atoms. The van der Waals surface area contributed by atoms with Gasteiger partial charge in [-0.25, -0.2) is 0 Å². The van der Waals surface area contributed by atoms with Crippen molar-refractivity contribution in [3.05, 3.63) is 58.8 Å². The van der Waals surface area contributed by atoms with Crippen molar-refractivity contribution in [3.8, 4) is 11.5 Å². The molecule has 0 unspecified atom stereocenters. The van der Waals surface area contributed by atoms with E-state index in [1.54, 1.807) is 6.07 Å². The molecule has 1 fully saturated rings. The van der Waals surface area contributed by atoms with E-state index in [9.17, 15) is 5.11 Å². The third-order valence-corrected chi connectivity index (χ3v) is 8.95. The van der Waals surface area contributed by atoms with Gasteiger partial charge in [-0.2, -0.15) is 0 Å². The fourth-order valence-corrected chi connectivity index (χ4v) is 7.86. The summed E-state index contributed by atoms with van der Waals surface area (Å²) in [6, 6.07) is 12.7. The van der Waals surface area contributed by atoms with Crippen molar-refractivity contribution >= 4 is 10.9 Å². The zero-order chi connectivity index (χ0) is 21.2. The van der Waals surface area contributed by atoms with Crippen LogP contribution < -0.4 is 4.74 Å². The monoisotopic (exact) mass is 416 g/mol. The molecule has 4 atom stereocenters. The predicted molar refractivity (Wildman–Crippen MR) is 119 cm³/mol. The third-order valence-electron chi connectivity index (χ3n) is 8.95. The van der Waals surface area contributed by atoms with E-state index in [0.29, 0.717) is 12.4 Å². The number of piperidine rings is 1. The van der Waals surface area contributed by atoms with Crippen molar-refractivity contribution in [2.75, 3.05) is 20.2 Å². The first-order chi connectivity index (χ1) is 15.0. The number of likely N-dealkylation sites (tertiary alicyclic amines) is 1. The minimum atomic E-state index is -0.634. The molecule has 1 aromatic heterocycles. The molecule has 4 aliphatic rings. The van der Waals surface area contributed by atoms with Crippen molar-refractivity contribution in [2.24, 2.45) is 0 Å². The van der Waals surface area contributed by atoms with E-state index in [1.165, 1.54) is 22.1 Å². The molecule has 31 heavy (non-hydrogen) atoms. The number of likely N-dealkylation sites (N-methyl/N-ethyl adjacent to an activating group) is 1. The summed E-state index contributed by atoms with van der Waals surface area (Å²) in [5.74, 6) is 0.905. The van der Waals surface area contributed by atoms with Crippen LogP contribution in [0.1, 0.15) is 42.7 Å². The normalized spacial score (nSPS) is 35.0. The molecule has 7 rings (SSSR count). The first kappa shape index (κ1) is 18.1. The van der Waals surface area contributed by atoms with Gasteiger partial charge in [0, 0.05) is 35.5 Å². The van der Waals surface area contributed by atoms with Crippen molar-refractivity contribution in [2.45, 2.75) is 55.8 Å². The molecule has 3 aromatic rings. The van der Waals surface area contributed by atoms with Crippen LogP contribution in [-0.2, 0) is 28.6 Å². The molecule has 2 aromatic carbocycles. The number of aromatic hydroxyl groups is 1. The maximum Gasteiger partial charge on any atom is 0.166 e. The molecule has 2 aliphatic heterocycles. The largest absolute Gasteiger partial charge is 0.504 e. The van der Waals surface area contributed by atoms with Gasteiger partial charge < -0.3 is 24.5 Å². The molecule has 0 saturated carbocycles. The fourth-order valence-electron chi connectivity index (χ4n) is 7.86. The van der Waals surface area contributed by atoms with Gasteiger partial charge >= 0.3 is 0 Å². The zero-order valence-corrected chi connectivity index (χ0v) is 18.3. The number of ether oxygens (including phenoxy) is 2. The summed E-state index contributed by atoms with van der Waals surface area (Å²) in [5.41, 5.74) is 4.69. The third kappa shape index (κ3) is 1.74. The molecule has 160 valence electrons. The van der Waals surface area contributed by atoms with Crippen LogP contribution >= 0.6 is 0 Å². The SMILES string of the molecule is CCO[C@@]12Cc3c([nH]c4ccccc34)[C@]3(C)Oc4c(O)ccc5c4[C@@]31CCN(C)[C@@H]2C5. The van der Waals surface area contributed by atoms with Crippen LogP contribution in [0.5, 0.6) is 11.5 Å². The minimum absolute atomic E-state index is 0.240. The Labute approximate surface area is 182 Å². The van der Waals surface area contributed by atoms with Gasteiger partial charge in [-0.3, -0.25) is 0 Å². The number of hydrogen-bond acceptors (Lipinski definition) is 4. The van der Waals surface area contributed by atoms with Crippen LogP contribution in [0.2, 0.25) is 0 Å². The number of H-pyrrole nitrogens is 1. The molecule has 2 aliphatic carbocycles. The van der Waals surface area contributed by atoms with Crippen molar-refractivity contribution in [1.82, 2.24) is 9.88 Å². The second-order valence-electron chi connectivity index (χ2n) is 9.96. The first-order valence-electron chi connectivity index (χ1n) is 11.5. The van der Waals surface area contributed by atoms with Crippen molar-refractivity contribution in [3.63, 3.8) is 0 Å². The summed E-state index contributed by atoms with van der Waals surface area (Å²) in [6.07, 6.45) is 2.70. The Kier molecular flexibility index (Phi) is 3.19. The van der Waals surface area contributed by atoms with Gasteiger partial charge in [0.25, 0.3) is 0 Å². The molecule has 1 saturated heterocycles. The topological polar surface area (TPSA) is 57.7 Å². The van der Waals surface area contributed by atoms with E-state index < -0.39 is 11.2 Å². The molecule has 0 radical (unpaired) electrons. The van der Waals surface area contributed by atoms with Crippen molar-refractivity contribution in [1.29, 1.82) is 0 Å². The summed E-state index contributed by atoms with van der Waals surface area (Å²) in [4.78, 5) is 6.23. The molecular formula is C26H28N2O3. The maximum absolute atomic E-state index is 10.9. The summed E-state index contributed by atoms with van der Waals surface area (Å²) >= 11 is 0. The number of aromatic nitrogens is 1. The van der Waals surface area contributed by atoms with E-state index in [4.69, 9.17) is 9.47 Å². The van der Waals surface area contributed by atoms with Crippen LogP contribution in [-0.4, -0.2) is 46.8 Å². The van der Waals surface area contributed by atoms with Gasteiger partial charge in [-0.15, -0.1) is 0 Å². The van der Waals surface area contributed by atoms with Crippen LogP contribution in [0.3, 0.4) is 0 Å². The van der Waals surface area contributed by atoms with E-state index in [-0.39, 0.29) is 17.2 Å². The van der Waals surface area contributed by atoms with Gasteiger partial charge in [0.15, 0.2) is 17.1 Å². The lowest BCUT2D eigenvalue weighted by molar-refractivity contribution is -0.220. The number of nitrogens with zero attached hydrogens (tertiary/aromatic N) is 1. The summed E-state index contributed by atoms with van der Waals surface area (Å²) in [6.45, 7) is 5.98. The summed E-state index contributed by atoms with van der Waals surface area (Å²) in [5, 5.41) is 12.1. The second-order valence-corrected chi connectivity index (χ2v) is 9.96. The lowest BCUT2D eigenvalue weighted by atomic mass is 9.45. The Hall–Kier alpha value is -2.50. The van der Waals surface area contributed by atoms with E-state index in [1.807, 2.05) is 0 Å². The molecular weight excluding hydrogens is 388 g/mol. The molecule has 5 nitrogen and oxygen atoms in total. The second kappa shape index (κ2) is 5.45. The fraction of sp³-hybridized carbons (Fsp3) is 0.462. The Bertz CT molecular complexity index is 1270. The minimum Gasteiger partial charge on any atom is -0.504 e. The number of para-hydroxylation sites is 1. The highest BCUT2D eigenvalue weighted by Crippen LogP contribution is 2.71. The molecule has 2 N–H and O–H groups in total. The average Bonchev–Trinajstić information content (AvgIpc) is 3.26. The highest BCUT2D eigenvalue weighted by Gasteiger charge is 2.78. The summed E-state index contributed by atoms with van der Waals surface area (Å²) in [7, 11) is 2.24. The van der Waals surface area contributed by atoms with Crippen molar-refractivity contribution < 1.29 is 14.6 Å². The maximum atomic E-state index is 10.9. The average molecular weight is 417 g/mol. The van der Waals surface area contributed by atoms with E-state index in [0.717, 1.165) is 37.0 Å². The molecule has 0 amide bonds. The number of aromatic amines is 1. The van der Waals surface area contributed by atoms with E-state index >= 15 is 0 Å². The van der Waals surface area contributed by atoms with Gasteiger partial charge in [0.1, 0.15) is 5.60 Å². The number of phenolic OH excluding ortho intramolecular Hbond substituents is 1. The lowest BCUT2D eigenvalue weighted by Gasteiger charge is -2.66. The smallest absolute Gasteiger partial charge is 0.166 e. The number of hydrogen-bond donors (Lipinski definition) is 2. The number of fused-ring (bicyclic) bond motifs is 4. The highest BCUT2D eigenvalue weighted by molar-refractivity contribution is 5.86. The number of rotatable bonds is 2. The number of nitrogens with one attached hydrogen (secondary N) is 1. The number of phenols is 1. The predicted octanol–water partition coefficient (Wildman–Crippen LogP) is 4.01. The Morgan fingerprint density at radius 1 is 1.26 bits per heavy atom. The quantitative estimate of drug-likeness (QED) is 0.663. The van der Waals surface area contributed by atoms with Crippen LogP contribution in [0.15, 0.2) is 36.4 Å². The lowest BCUT2D eigenvalue weighted by Crippen LogP contribution is -2.78. The number of benzene rings is 2. The van der Waals surface area contributed by atoms with E-state index in [2.05, 4.69) is 61.1 Å². The molecule has 5 heteroatoms. The Morgan fingerprint density at radius 3 is 2.94 bits per heavy atom. The van der Waals surface area contributed by atoms with Gasteiger partial charge in [-0.05, 0) is 63.5 Å². The van der Waals surface area contributed by atoms with Gasteiger partial charge in [0.2, 0.25) is 0 Å². The summed E-state index contributed by atoms with van der Waals surface area (Å²) < 4.78 is 13.8. The molecule has 1 spiro atoms. The standard InChI is InChI=1S/C26H28N2O3/c1-4-30-26-14-17-16-7-5-6-8-18(16)27-23(17)24(2)25(26)11-12-28(3)20(26)13-15-9-10-19(29)22(31-24)21(15)25/h5-10,20,27,29H,4,11-14H2,1-3H3/t20-,24+,25+,26-/m1/s1. The van der Waals surface area contributed by atoms with Crippen LogP contribution in [0, 0.1) is 0 Å². The van der Waals surface area contributed by atoms with Crippen LogP contribution in [0.4, 0.5) is 0 Å². The zero-order valence-electron chi connectivity index (χ0n) is 18.3.